The molecule has 0 aliphatic heterocycles. The second-order valence-electron chi connectivity index (χ2n) is 6.72. The Bertz CT molecular complexity index is 1170. The zero-order valence-electron chi connectivity index (χ0n) is 17.3. The van der Waals surface area contributed by atoms with Crippen LogP contribution in [0.4, 0.5) is 11.5 Å². The molecular weight excluding hydrogens is 408 g/mol. The monoisotopic (exact) mass is 430 g/mol. The number of rotatable bonds is 7. The smallest absolute Gasteiger partial charge is 0.251 e. The highest BCUT2D eigenvalue weighted by atomic mass is 32.1. The van der Waals surface area contributed by atoms with E-state index in [-0.39, 0.29) is 5.91 Å². The van der Waals surface area contributed by atoms with Crippen molar-refractivity contribution >= 4 is 28.7 Å². The summed E-state index contributed by atoms with van der Waals surface area (Å²) in [5.41, 5.74) is 3.30. The number of benzene rings is 2. The Hall–Kier alpha value is -3.71. The van der Waals surface area contributed by atoms with Gasteiger partial charge in [0.05, 0.1) is 5.01 Å². The molecule has 0 saturated heterocycles. The van der Waals surface area contributed by atoms with Crippen molar-refractivity contribution in [1.82, 2.24) is 15.3 Å². The number of hydrogen-bond donors (Lipinski definition) is 2. The maximum absolute atomic E-state index is 11.7. The molecule has 0 aliphatic rings. The molecular formula is C24H22N4O2S. The largest absolute Gasteiger partial charge is 0.444 e. The molecule has 0 radical (unpaired) electrons. The lowest BCUT2D eigenvalue weighted by atomic mass is 10.2. The number of carbonyl (C=O) groups excluding carboxylic acids is 1. The van der Waals surface area contributed by atoms with Crippen LogP contribution in [0.25, 0.3) is 11.3 Å². The maximum atomic E-state index is 11.7. The molecule has 2 aromatic heterocycles. The van der Waals surface area contributed by atoms with Gasteiger partial charge >= 0.3 is 0 Å². The average Bonchev–Trinajstić information content (AvgIpc) is 3.23. The van der Waals surface area contributed by atoms with E-state index in [4.69, 9.17) is 9.72 Å². The summed E-state index contributed by atoms with van der Waals surface area (Å²) in [7, 11) is 1.61. The van der Waals surface area contributed by atoms with Gasteiger partial charge in [-0.3, -0.25) is 4.79 Å². The summed E-state index contributed by atoms with van der Waals surface area (Å²) in [6.45, 7) is 2.08. The van der Waals surface area contributed by atoms with Crippen LogP contribution >= 0.6 is 11.3 Å². The van der Waals surface area contributed by atoms with Crippen molar-refractivity contribution in [3.8, 4) is 22.1 Å². The van der Waals surface area contributed by atoms with Gasteiger partial charge in [-0.15, -0.1) is 0 Å². The van der Waals surface area contributed by atoms with E-state index in [9.17, 15) is 4.79 Å². The van der Waals surface area contributed by atoms with Crippen LogP contribution in [0.3, 0.4) is 0 Å². The van der Waals surface area contributed by atoms with Gasteiger partial charge in [-0.2, -0.15) is 0 Å². The molecule has 31 heavy (non-hydrogen) atoms. The predicted molar refractivity (Wildman–Crippen MR) is 124 cm³/mol. The molecule has 0 bridgehead atoms. The molecule has 0 spiro atoms. The highest BCUT2D eigenvalue weighted by Crippen LogP contribution is 2.38. The van der Waals surface area contributed by atoms with Gasteiger partial charge in [0.1, 0.15) is 17.3 Å². The van der Waals surface area contributed by atoms with Crippen LogP contribution in [-0.2, 0) is 6.42 Å². The van der Waals surface area contributed by atoms with Crippen molar-refractivity contribution in [2.24, 2.45) is 0 Å². The second kappa shape index (κ2) is 9.40. The Kier molecular flexibility index (Phi) is 6.24. The topological polar surface area (TPSA) is 76.1 Å². The minimum atomic E-state index is -0.120. The van der Waals surface area contributed by atoms with E-state index < -0.39 is 0 Å². The minimum Gasteiger partial charge on any atom is -0.444 e. The zero-order valence-corrected chi connectivity index (χ0v) is 18.1. The highest BCUT2D eigenvalue weighted by molar-refractivity contribution is 7.14. The molecule has 0 fully saturated rings. The third-order valence-corrected chi connectivity index (χ3v) is 5.66. The van der Waals surface area contributed by atoms with Crippen LogP contribution in [-0.4, -0.2) is 22.9 Å². The van der Waals surface area contributed by atoms with Gasteiger partial charge < -0.3 is 15.4 Å². The number of nitrogens with zero attached hydrogens (tertiary/aromatic N) is 2. The number of amides is 1. The number of anilines is 2. The predicted octanol–water partition coefficient (Wildman–Crippen LogP) is 5.66. The molecule has 2 heterocycles. The molecule has 2 aromatic carbocycles. The van der Waals surface area contributed by atoms with Crippen molar-refractivity contribution in [1.29, 1.82) is 0 Å². The first-order valence-corrected chi connectivity index (χ1v) is 10.8. The van der Waals surface area contributed by atoms with Crippen LogP contribution in [0.1, 0.15) is 22.3 Å². The van der Waals surface area contributed by atoms with Crippen LogP contribution < -0.4 is 15.4 Å². The molecule has 2 N–H and O–H groups in total. The number of ether oxygens (including phenoxy) is 1. The SMILES string of the molecule is CCc1nc(-c2ccccc2)c(Oc2ccnc(Nc3ccc(C(=O)NC)cc3)c2)s1. The van der Waals surface area contributed by atoms with Crippen molar-refractivity contribution in [3.63, 3.8) is 0 Å². The van der Waals surface area contributed by atoms with Crippen LogP contribution in [0, 0.1) is 0 Å². The minimum absolute atomic E-state index is 0.120. The van der Waals surface area contributed by atoms with Crippen molar-refractivity contribution in [3.05, 3.63) is 83.5 Å². The second-order valence-corrected chi connectivity index (χ2v) is 7.77. The van der Waals surface area contributed by atoms with Gasteiger partial charge in [0.25, 0.3) is 5.91 Å². The van der Waals surface area contributed by atoms with E-state index in [1.54, 1.807) is 36.7 Å². The number of hydrogen-bond acceptors (Lipinski definition) is 6. The molecule has 0 atom stereocenters. The fourth-order valence-electron chi connectivity index (χ4n) is 2.99. The molecule has 0 aliphatic carbocycles. The van der Waals surface area contributed by atoms with Crippen molar-refractivity contribution < 1.29 is 9.53 Å². The first-order valence-electron chi connectivity index (χ1n) is 9.94. The first-order chi connectivity index (χ1) is 15.2. The molecule has 0 unspecified atom stereocenters. The van der Waals surface area contributed by atoms with Gasteiger partial charge in [0, 0.05) is 36.1 Å². The van der Waals surface area contributed by atoms with E-state index in [1.807, 2.05) is 54.6 Å². The number of aromatic nitrogens is 2. The normalized spacial score (nSPS) is 10.5. The lowest BCUT2D eigenvalue weighted by Crippen LogP contribution is -2.17. The van der Waals surface area contributed by atoms with Gasteiger partial charge in [0.2, 0.25) is 5.06 Å². The van der Waals surface area contributed by atoms with Crippen LogP contribution in [0.15, 0.2) is 72.9 Å². The summed E-state index contributed by atoms with van der Waals surface area (Å²) in [5, 5.41) is 7.64. The summed E-state index contributed by atoms with van der Waals surface area (Å²) in [6, 6.07) is 20.9. The standard InChI is InChI=1S/C24H22N4O2S/c1-3-21-28-22(16-7-5-4-6-8-16)24(31-21)30-19-13-14-26-20(15-19)27-18-11-9-17(10-12-18)23(29)25-2/h4-15H,3H2,1-2H3,(H,25,29)(H,26,27). The number of nitrogens with one attached hydrogen (secondary N) is 2. The third-order valence-electron chi connectivity index (χ3n) is 4.58. The summed E-state index contributed by atoms with van der Waals surface area (Å²) in [5.74, 6) is 1.19. The molecule has 0 saturated carbocycles. The molecule has 156 valence electrons. The Morgan fingerprint density at radius 1 is 1.06 bits per heavy atom. The summed E-state index contributed by atoms with van der Waals surface area (Å²) in [4.78, 5) is 20.8. The van der Waals surface area contributed by atoms with E-state index in [1.165, 1.54) is 0 Å². The van der Waals surface area contributed by atoms with Crippen molar-refractivity contribution in [2.45, 2.75) is 13.3 Å². The fraction of sp³-hybridized carbons (Fsp3) is 0.125. The molecule has 6 nitrogen and oxygen atoms in total. The van der Waals surface area contributed by atoms with E-state index in [2.05, 4.69) is 22.5 Å². The van der Waals surface area contributed by atoms with Crippen LogP contribution in [0.2, 0.25) is 0 Å². The molecule has 4 aromatic rings. The lowest BCUT2D eigenvalue weighted by Gasteiger charge is -2.09. The molecule has 7 heteroatoms. The first kappa shape index (κ1) is 20.6. The van der Waals surface area contributed by atoms with Crippen molar-refractivity contribution in [2.75, 3.05) is 12.4 Å². The summed E-state index contributed by atoms with van der Waals surface area (Å²) >= 11 is 1.55. The number of pyridine rings is 1. The lowest BCUT2D eigenvalue weighted by molar-refractivity contribution is 0.0963. The third kappa shape index (κ3) is 4.90. The number of aryl methyl sites for hydroxylation is 1. The van der Waals surface area contributed by atoms with E-state index >= 15 is 0 Å². The van der Waals surface area contributed by atoms with E-state index in [0.717, 1.165) is 33.4 Å². The fourth-order valence-corrected chi connectivity index (χ4v) is 3.89. The Morgan fingerprint density at radius 3 is 2.55 bits per heavy atom. The number of thiazole rings is 1. The van der Waals surface area contributed by atoms with E-state index in [0.29, 0.717) is 17.1 Å². The maximum Gasteiger partial charge on any atom is 0.251 e. The van der Waals surface area contributed by atoms with Gasteiger partial charge in [-0.1, -0.05) is 48.6 Å². The molecule has 1 amide bonds. The average molecular weight is 431 g/mol. The quantitative estimate of drug-likeness (QED) is 0.395. The Balaban J connectivity index is 1.54. The Morgan fingerprint density at radius 2 is 1.84 bits per heavy atom. The van der Waals surface area contributed by atoms with Gasteiger partial charge in [-0.05, 0) is 36.8 Å². The van der Waals surface area contributed by atoms with Crippen LogP contribution in [0.5, 0.6) is 10.8 Å². The van der Waals surface area contributed by atoms with Gasteiger partial charge in [0.15, 0.2) is 0 Å². The highest BCUT2D eigenvalue weighted by Gasteiger charge is 2.15. The summed E-state index contributed by atoms with van der Waals surface area (Å²) in [6.07, 6.45) is 2.55. The number of carbonyl (C=O) groups is 1. The Labute approximate surface area is 185 Å². The molecule has 4 rings (SSSR count). The zero-order chi connectivity index (χ0) is 21.6. The summed E-state index contributed by atoms with van der Waals surface area (Å²) < 4.78 is 6.21. The van der Waals surface area contributed by atoms with Gasteiger partial charge in [-0.25, -0.2) is 9.97 Å².